The number of carbonyl (C=O) groups excluding carboxylic acids is 2. The molecule has 5 rings (SSSR count). The van der Waals surface area contributed by atoms with Crippen molar-refractivity contribution in [1.82, 2.24) is 5.32 Å². The first kappa shape index (κ1) is 25.6. The smallest absolute Gasteiger partial charge is 0.284 e. The Morgan fingerprint density at radius 1 is 0.921 bits per heavy atom. The van der Waals surface area contributed by atoms with Gasteiger partial charge in [-0.05, 0) is 64.0 Å². The first-order chi connectivity index (χ1) is 18.4. The van der Waals surface area contributed by atoms with Crippen molar-refractivity contribution in [3.8, 4) is 5.75 Å². The summed E-state index contributed by atoms with van der Waals surface area (Å²) in [6.45, 7) is 0.0970. The van der Waals surface area contributed by atoms with Gasteiger partial charge in [0.1, 0.15) is 5.75 Å². The van der Waals surface area contributed by atoms with Crippen molar-refractivity contribution in [3.63, 3.8) is 0 Å². The minimum absolute atomic E-state index is 0.150. The summed E-state index contributed by atoms with van der Waals surface area (Å²) in [5.41, 5.74) is 1.18. The largest absolute Gasteiger partial charge is 0.493 e. The number of ketones is 1. The normalized spacial score (nSPS) is 11.0. The van der Waals surface area contributed by atoms with Crippen LogP contribution in [0.1, 0.15) is 26.3 Å². The van der Waals surface area contributed by atoms with Gasteiger partial charge in [0.05, 0.1) is 22.5 Å². The molecule has 9 heteroatoms. The Balaban J connectivity index is 1.21. The van der Waals surface area contributed by atoms with Crippen LogP contribution in [-0.4, -0.2) is 29.8 Å². The number of thiophene rings is 1. The zero-order chi connectivity index (χ0) is 26.6. The molecule has 0 unspecified atom stereocenters. The first-order valence-corrected chi connectivity index (χ1v) is 13.4. The molecule has 0 bridgehead atoms. The number of nitrogens with one attached hydrogen (secondary N) is 1. The van der Waals surface area contributed by atoms with Crippen molar-refractivity contribution in [3.05, 3.63) is 116 Å². The summed E-state index contributed by atoms with van der Waals surface area (Å²) in [4.78, 5) is 36.0. The van der Waals surface area contributed by atoms with Crippen LogP contribution in [0.25, 0.3) is 20.2 Å². The average molecular weight is 589 g/mol. The van der Waals surface area contributed by atoms with Gasteiger partial charge >= 0.3 is 0 Å². The highest BCUT2D eigenvalue weighted by atomic mass is 79.9. The zero-order valence-electron chi connectivity index (χ0n) is 20.0. The van der Waals surface area contributed by atoms with Crippen molar-refractivity contribution >= 4 is 64.8 Å². The standard InChI is InChI=1S/C29H21BrN2O5S/c30-24-12-9-19(15-25(24)32(35)36)26(33)17-31-29(34)21-6-2-1-5-18(21)13-14-37-20-10-11-23-22-7-3-4-8-27(22)38-28(23)16-20/h1-12,15-16H,13-14,17H2,(H,31,34). The van der Waals surface area contributed by atoms with Crippen LogP contribution in [0.2, 0.25) is 0 Å². The quantitative estimate of drug-likeness (QED) is 0.114. The number of fused-ring (bicyclic) bond motifs is 3. The van der Waals surface area contributed by atoms with E-state index in [4.69, 9.17) is 4.74 Å². The van der Waals surface area contributed by atoms with E-state index in [1.807, 2.05) is 36.4 Å². The van der Waals surface area contributed by atoms with Crippen molar-refractivity contribution < 1.29 is 19.2 Å². The third-order valence-corrected chi connectivity index (χ3v) is 7.93. The van der Waals surface area contributed by atoms with Gasteiger partial charge in [-0.1, -0.05) is 36.4 Å². The lowest BCUT2D eigenvalue weighted by molar-refractivity contribution is -0.385. The summed E-state index contributed by atoms with van der Waals surface area (Å²) in [6, 6.07) is 25.6. The van der Waals surface area contributed by atoms with E-state index in [9.17, 15) is 19.7 Å². The van der Waals surface area contributed by atoms with E-state index in [0.717, 1.165) is 16.0 Å². The molecule has 190 valence electrons. The maximum absolute atomic E-state index is 12.9. The molecule has 38 heavy (non-hydrogen) atoms. The number of Topliss-reactive ketones (excluding diaryl/α,β-unsaturated/α-hetero) is 1. The maximum atomic E-state index is 12.9. The van der Waals surface area contributed by atoms with Crippen molar-refractivity contribution in [2.24, 2.45) is 0 Å². The molecule has 5 aromatic rings. The van der Waals surface area contributed by atoms with Crippen LogP contribution in [0, 0.1) is 10.1 Å². The Morgan fingerprint density at radius 3 is 2.53 bits per heavy atom. The van der Waals surface area contributed by atoms with Crippen molar-refractivity contribution in [1.29, 1.82) is 0 Å². The van der Waals surface area contributed by atoms with Crippen LogP contribution in [-0.2, 0) is 6.42 Å². The lowest BCUT2D eigenvalue weighted by atomic mass is 10.0. The number of nitrogens with zero attached hydrogens (tertiary/aromatic N) is 1. The second-order valence-corrected chi connectivity index (χ2v) is 10.5. The zero-order valence-corrected chi connectivity index (χ0v) is 22.4. The van der Waals surface area contributed by atoms with Crippen LogP contribution in [0.3, 0.4) is 0 Å². The van der Waals surface area contributed by atoms with Gasteiger partial charge in [0, 0.05) is 43.8 Å². The van der Waals surface area contributed by atoms with Crippen LogP contribution >= 0.6 is 27.3 Å². The third-order valence-electron chi connectivity index (χ3n) is 6.13. The molecule has 4 aromatic carbocycles. The summed E-state index contributed by atoms with van der Waals surface area (Å²) in [5, 5.41) is 16.2. The Hall–Kier alpha value is -4.08. The van der Waals surface area contributed by atoms with E-state index in [0.29, 0.717) is 18.6 Å². The van der Waals surface area contributed by atoms with E-state index >= 15 is 0 Å². The van der Waals surface area contributed by atoms with Crippen molar-refractivity contribution in [2.75, 3.05) is 13.2 Å². The molecule has 0 radical (unpaired) electrons. The van der Waals surface area contributed by atoms with Gasteiger partial charge in [0.25, 0.3) is 11.6 Å². The monoisotopic (exact) mass is 588 g/mol. The predicted molar refractivity (Wildman–Crippen MR) is 152 cm³/mol. The fourth-order valence-electron chi connectivity index (χ4n) is 4.22. The molecular weight excluding hydrogens is 568 g/mol. The fraction of sp³-hybridized carbons (Fsp3) is 0.103. The van der Waals surface area contributed by atoms with Crippen LogP contribution < -0.4 is 10.1 Å². The molecular formula is C29H21BrN2O5S. The van der Waals surface area contributed by atoms with E-state index in [-0.39, 0.29) is 22.3 Å². The highest BCUT2D eigenvalue weighted by Crippen LogP contribution is 2.35. The average Bonchev–Trinajstić information content (AvgIpc) is 3.29. The second kappa shape index (κ2) is 11.1. The van der Waals surface area contributed by atoms with E-state index < -0.39 is 16.6 Å². The molecule has 0 atom stereocenters. The molecule has 0 fully saturated rings. The Kier molecular flexibility index (Phi) is 7.48. The number of nitro groups is 1. The van der Waals surface area contributed by atoms with Crippen LogP contribution in [0.4, 0.5) is 5.69 Å². The molecule has 1 N–H and O–H groups in total. The van der Waals surface area contributed by atoms with E-state index in [1.54, 1.807) is 23.5 Å². The highest BCUT2D eigenvalue weighted by molar-refractivity contribution is 9.10. The molecule has 7 nitrogen and oxygen atoms in total. The van der Waals surface area contributed by atoms with Gasteiger partial charge in [-0.25, -0.2) is 0 Å². The molecule has 0 aliphatic heterocycles. The van der Waals surface area contributed by atoms with E-state index in [2.05, 4.69) is 39.4 Å². The molecule has 0 aliphatic carbocycles. The van der Waals surface area contributed by atoms with Gasteiger partial charge in [-0.2, -0.15) is 0 Å². The number of ether oxygens (including phenoxy) is 1. The summed E-state index contributed by atoms with van der Waals surface area (Å²) in [6.07, 6.45) is 0.501. The Morgan fingerprint density at radius 2 is 1.68 bits per heavy atom. The minimum atomic E-state index is -0.571. The summed E-state index contributed by atoms with van der Waals surface area (Å²) >= 11 is 4.83. The third kappa shape index (κ3) is 5.44. The minimum Gasteiger partial charge on any atom is -0.493 e. The van der Waals surface area contributed by atoms with Crippen LogP contribution in [0.5, 0.6) is 5.75 Å². The topological polar surface area (TPSA) is 98.5 Å². The number of carbonyl (C=O) groups is 2. The molecule has 0 saturated heterocycles. The summed E-state index contributed by atoms with van der Waals surface area (Å²) < 4.78 is 8.68. The number of hydrogen-bond acceptors (Lipinski definition) is 6. The molecule has 0 spiro atoms. The molecule has 1 amide bonds. The van der Waals surface area contributed by atoms with Gasteiger partial charge in [-0.3, -0.25) is 19.7 Å². The summed E-state index contributed by atoms with van der Waals surface area (Å²) in [5.74, 6) is -0.0566. The number of halogens is 1. The number of amides is 1. The van der Waals surface area contributed by atoms with Crippen molar-refractivity contribution in [2.45, 2.75) is 6.42 Å². The Labute approximate surface area is 230 Å². The SMILES string of the molecule is O=C(CNC(=O)c1ccccc1CCOc1ccc2c(c1)sc1ccccc12)c1ccc(Br)c([N+](=O)[O-])c1. The lowest BCUT2D eigenvalue weighted by Crippen LogP contribution is -2.30. The van der Waals surface area contributed by atoms with Gasteiger partial charge in [0.15, 0.2) is 5.78 Å². The molecule has 0 aliphatic rings. The van der Waals surface area contributed by atoms with Gasteiger partial charge in [0.2, 0.25) is 0 Å². The number of nitro benzene ring substituents is 1. The first-order valence-electron chi connectivity index (χ1n) is 11.8. The number of hydrogen-bond donors (Lipinski definition) is 1. The van der Waals surface area contributed by atoms with Gasteiger partial charge in [-0.15, -0.1) is 11.3 Å². The Bertz CT molecular complexity index is 1700. The molecule has 1 aromatic heterocycles. The van der Waals surface area contributed by atoms with Crippen LogP contribution in [0.15, 0.2) is 89.4 Å². The number of rotatable bonds is 9. The fourth-order valence-corrected chi connectivity index (χ4v) is 5.74. The molecule has 1 heterocycles. The maximum Gasteiger partial charge on any atom is 0.284 e. The number of benzene rings is 4. The van der Waals surface area contributed by atoms with E-state index in [1.165, 1.54) is 33.7 Å². The molecule has 0 saturated carbocycles. The lowest BCUT2D eigenvalue weighted by Gasteiger charge is -2.11. The second-order valence-electron chi connectivity index (χ2n) is 8.54. The highest BCUT2D eigenvalue weighted by Gasteiger charge is 2.18. The summed E-state index contributed by atoms with van der Waals surface area (Å²) in [7, 11) is 0. The predicted octanol–water partition coefficient (Wildman–Crippen LogP) is 6.96. The van der Waals surface area contributed by atoms with Gasteiger partial charge < -0.3 is 10.1 Å².